The van der Waals surface area contributed by atoms with Gasteiger partial charge in [-0.1, -0.05) is 407 Å². The third-order valence-corrected chi connectivity index (χ3v) is 21.9. The average molecular weight is 1520 g/mol. The van der Waals surface area contributed by atoms with Crippen LogP contribution in [0.15, 0.2) is 0 Å². The largest absolute Gasteiger partial charge is 0.472 e. The molecular formula is C85H166O17P2. The summed E-state index contributed by atoms with van der Waals surface area (Å²) in [6, 6.07) is 0. The van der Waals surface area contributed by atoms with E-state index in [-0.39, 0.29) is 25.7 Å². The average Bonchev–Trinajstić information content (AvgIpc) is 0.903. The molecule has 0 rings (SSSR count). The van der Waals surface area contributed by atoms with E-state index in [1.165, 1.54) is 276 Å². The second-order valence-electron chi connectivity index (χ2n) is 31.1. The fourth-order valence-corrected chi connectivity index (χ4v) is 14.9. The topological polar surface area (TPSA) is 237 Å². The lowest BCUT2D eigenvalue weighted by Crippen LogP contribution is -2.30. The molecule has 0 heterocycles. The molecule has 3 N–H and O–H groups in total. The standard InChI is InChI=1S/C85H166O17P2/c1-6-9-12-15-18-21-23-25-27-29-31-32-33-34-36-38-42-46-50-55-60-65-70-85(90)102-81(75-96-83(88)69-64-59-54-49-45-41-37-35-30-28-26-24-22-19-16-13-10-7-2)77-100-104(93,94)98-73-79(86)72-97-103(91,92)99-76-80(74-95-82(87)68-63-58-53-20-17-14-11-8-3)101-84(89)71-66-61-56-51-47-43-39-40-44-48-52-57-62-67-78(4)5/h78-81,86H,6-77H2,1-5H3,(H,91,92)(H,93,94)/t79-,80+,81+/m0/s1. The van der Waals surface area contributed by atoms with Crippen molar-refractivity contribution in [3.05, 3.63) is 0 Å². The molecule has 0 bridgehead atoms. The lowest BCUT2D eigenvalue weighted by molar-refractivity contribution is -0.161. The van der Waals surface area contributed by atoms with Crippen molar-refractivity contribution in [2.75, 3.05) is 39.6 Å². The number of aliphatic hydroxyl groups is 1. The number of unbranched alkanes of at least 4 members (excludes halogenated alkanes) is 57. The summed E-state index contributed by atoms with van der Waals surface area (Å²) in [7, 11) is -9.92. The maximum Gasteiger partial charge on any atom is 0.472 e. The summed E-state index contributed by atoms with van der Waals surface area (Å²) in [5, 5.41) is 10.7. The molecule has 0 aromatic heterocycles. The van der Waals surface area contributed by atoms with Crippen molar-refractivity contribution in [1.82, 2.24) is 0 Å². The number of hydrogen-bond acceptors (Lipinski definition) is 15. The zero-order valence-corrected chi connectivity index (χ0v) is 70.0. The first kappa shape index (κ1) is 102. The Bertz CT molecular complexity index is 1980. The summed E-state index contributed by atoms with van der Waals surface area (Å²) >= 11 is 0. The van der Waals surface area contributed by atoms with Crippen LogP contribution < -0.4 is 0 Å². The molecule has 0 aromatic carbocycles. The second kappa shape index (κ2) is 77.8. The molecule has 0 aliphatic rings. The molecule has 0 saturated carbocycles. The molecule has 0 aliphatic heterocycles. The molecular weight excluding hydrogens is 1350 g/mol. The summed E-state index contributed by atoms with van der Waals surface area (Å²) in [5.41, 5.74) is 0. The molecule has 0 amide bonds. The number of phosphoric acid groups is 2. The van der Waals surface area contributed by atoms with Crippen LogP contribution >= 0.6 is 15.6 Å². The van der Waals surface area contributed by atoms with E-state index in [0.29, 0.717) is 25.7 Å². The Hall–Kier alpha value is -1.94. The zero-order valence-electron chi connectivity index (χ0n) is 68.2. The number of carbonyl (C=O) groups excluding carboxylic acids is 4. The predicted molar refractivity (Wildman–Crippen MR) is 428 cm³/mol. The van der Waals surface area contributed by atoms with Crippen LogP contribution in [0, 0.1) is 5.92 Å². The van der Waals surface area contributed by atoms with Crippen LogP contribution in [0.3, 0.4) is 0 Å². The Morgan fingerprint density at radius 2 is 0.442 bits per heavy atom. The molecule has 19 heteroatoms. The molecule has 2 unspecified atom stereocenters. The monoisotopic (exact) mass is 1520 g/mol. The van der Waals surface area contributed by atoms with E-state index in [0.717, 1.165) is 102 Å². The van der Waals surface area contributed by atoms with Crippen LogP contribution in [0.25, 0.3) is 0 Å². The van der Waals surface area contributed by atoms with E-state index < -0.39 is 97.5 Å². The Balaban J connectivity index is 5.18. The van der Waals surface area contributed by atoms with Gasteiger partial charge in [0.1, 0.15) is 19.3 Å². The first-order valence-corrected chi connectivity index (χ1v) is 47.1. The van der Waals surface area contributed by atoms with Gasteiger partial charge >= 0.3 is 39.5 Å². The molecule has 0 fully saturated rings. The summed E-state index contributed by atoms with van der Waals surface area (Å²) < 4.78 is 68.8. The van der Waals surface area contributed by atoms with Gasteiger partial charge in [0.15, 0.2) is 12.2 Å². The van der Waals surface area contributed by atoms with Gasteiger partial charge < -0.3 is 33.8 Å². The van der Waals surface area contributed by atoms with Gasteiger partial charge in [0.2, 0.25) is 0 Å². The van der Waals surface area contributed by atoms with E-state index in [9.17, 15) is 43.2 Å². The van der Waals surface area contributed by atoms with Gasteiger partial charge in [0, 0.05) is 25.7 Å². The van der Waals surface area contributed by atoms with E-state index in [2.05, 4.69) is 34.6 Å². The second-order valence-corrected chi connectivity index (χ2v) is 34.0. The maximum absolute atomic E-state index is 13.1. The fraction of sp³-hybridized carbons (Fsp3) is 0.953. The number of aliphatic hydroxyl groups excluding tert-OH is 1. The zero-order chi connectivity index (χ0) is 76.2. The molecule has 5 atom stereocenters. The molecule has 0 aliphatic carbocycles. The lowest BCUT2D eigenvalue weighted by atomic mass is 10.0. The molecule has 0 saturated heterocycles. The van der Waals surface area contributed by atoms with Crippen molar-refractivity contribution in [2.24, 2.45) is 5.92 Å². The molecule has 0 radical (unpaired) electrons. The predicted octanol–water partition coefficient (Wildman–Crippen LogP) is 26.0. The van der Waals surface area contributed by atoms with Crippen LogP contribution in [-0.2, 0) is 65.4 Å². The van der Waals surface area contributed by atoms with Crippen LogP contribution in [0.5, 0.6) is 0 Å². The van der Waals surface area contributed by atoms with Crippen LogP contribution in [-0.4, -0.2) is 96.7 Å². The van der Waals surface area contributed by atoms with Crippen LogP contribution in [0.2, 0.25) is 0 Å². The molecule has 104 heavy (non-hydrogen) atoms. The van der Waals surface area contributed by atoms with Gasteiger partial charge in [-0.05, 0) is 31.6 Å². The summed E-state index contributed by atoms with van der Waals surface area (Å²) in [4.78, 5) is 73.1. The van der Waals surface area contributed by atoms with Gasteiger partial charge in [-0.3, -0.25) is 37.3 Å². The maximum atomic E-state index is 13.1. The van der Waals surface area contributed by atoms with Gasteiger partial charge in [-0.2, -0.15) is 0 Å². The number of phosphoric ester groups is 2. The highest BCUT2D eigenvalue weighted by atomic mass is 31.2. The first-order chi connectivity index (χ1) is 50.5. The van der Waals surface area contributed by atoms with E-state index in [4.69, 9.17) is 37.0 Å². The number of esters is 4. The van der Waals surface area contributed by atoms with E-state index >= 15 is 0 Å². The first-order valence-electron chi connectivity index (χ1n) is 44.1. The van der Waals surface area contributed by atoms with Crippen molar-refractivity contribution in [3.8, 4) is 0 Å². The Morgan fingerprint density at radius 3 is 0.654 bits per heavy atom. The third kappa shape index (κ3) is 78.2. The molecule has 0 aromatic rings. The minimum absolute atomic E-state index is 0.108. The number of ether oxygens (including phenoxy) is 4. The highest BCUT2D eigenvalue weighted by Gasteiger charge is 2.30. The number of rotatable bonds is 85. The van der Waals surface area contributed by atoms with Crippen molar-refractivity contribution in [3.63, 3.8) is 0 Å². The Morgan fingerprint density at radius 1 is 0.260 bits per heavy atom. The summed E-state index contributed by atoms with van der Waals surface area (Å²) in [5.74, 6) is -1.32. The third-order valence-electron chi connectivity index (χ3n) is 20.0. The van der Waals surface area contributed by atoms with E-state index in [1.807, 2.05) is 0 Å². The van der Waals surface area contributed by atoms with Gasteiger partial charge in [-0.15, -0.1) is 0 Å². The summed E-state index contributed by atoms with van der Waals surface area (Å²) in [6.07, 6.45) is 71.0. The fourth-order valence-electron chi connectivity index (χ4n) is 13.3. The van der Waals surface area contributed by atoms with Crippen LogP contribution in [0.4, 0.5) is 0 Å². The van der Waals surface area contributed by atoms with Crippen LogP contribution in [0.1, 0.15) is 458 Å². The highest BCUT2D eigenvalue weighted by molar-refractivity contribution is 7.47. The number of hydrogen-bond donors (Lipinski definition) is 3. The summed E-state index contributed by atoms with van der Waals surface area (Å²) in [6.45, 7) is 7.34. The SMILES string of the molecule is CCCCCCCCCCCCCCCCCCCCCCCCC(=O)O[C@H](COC(=O)CCCCCCCCCCCCCCCCCCCC)COP(=O)(O)OC[C@@H](O)COP(=O)(O)OC[C@@H](COC(=O)CCCCCCCCCC)OC(=O)CCCCCCCCCCCCCCCC(C)C. The normalized spacial score (nSPS) is 13.8. The number of carbonyl (C=O) groups is 4. The van der Waals surface area contributed by atoms with Gasteiger partial charge in [0.25, 0.3) is 0 Å². The van der Waals surface area contributed by atoms with Gasteiger partial charge in [0.05, 0.1) is 26.4 Å². The highest BCUT2D eigenvalue weighted by Crippen LogP contribution is 2.45. The quantitative estimate of drug-likeness (QED) is 0.0222. The lowest BCUT2D eigenvalue weighted by Gasteiger charge is -2.21. The minimum atomic E-state index is -4.96. The van der Waals surface area contributed by atoms with E-state index in [1.54, 1.807) is 0 Å². The van der Waals surface area contributed by atoms with Crippen molar-refractivity contribution in [2.45, 2.75) is 477 Å². The Kier molecular flexibility index (Phi) is 76.3. The smallest absolute Gasteiger partial charge is 0.462 e. The molecule has 618 valence electrons. The van der Waals surface area contributed by atoms with Crippen molar-refractivity contribution < 1.29 is 80.2 Å². The van der Waals surface area contributed by atoms with Gasteiger partial charge in [-0.25, -0.2) is 9.13 Å². The van der Waals surface area contributed by atoms with Crippen molar-refractivity contribution >= 4 is 39.5 Å². The Labute approximate surface area is 638 Å². The molecule has 17 nitrogen and oxygen atoms in total. The minimum Gasteiger partial charge on any atom is -0.462 e. The molecule has 0 spiro atoms. The van der Waals surface area contributed by atoms with Crippen molar-refractivity contribution in [1.29, 1.82) is 0 Å².